The Bertz CT molecular complexity index is 885. The van der Waals surface area contributed by atoms with E-state index in [0.29, 0.717) is 36.4 Å². The van der Waals surface area contributed by atoms with Crippen LogP contribution in [0.5, 0.6) is 0 Å². The monoisotopic (exact) mass is 367 g/mol. The third kappa shape index (κ3) is 3.81. The molecule has 1 aliphatic rings. The normalized spacial score (nSPS) is 14.0. The number of benzene rings is 1. The van der Waals surface area contributed by atoms with Gasteiger partial charge in [0.2, 0.25) is 5.89 Å². The van der Waals surface area contributed by atoms with Gasteiger partial charge in [0.05, 0.1) is 12.2 Å². The summed E-state index contributed by atoms with van der Waals surface area (Å²) in [7, 11) is 0. The summed E-state index contributed by atoms with van der Waals surface area (Å²) in [6.07, 6.45) is 6.51. The molecule has 1 N–H and O–H groups in total. The average molecular weight is 367 g/mol. The number of carbonyl (C=O) groups excluding carboxylic acids is 1. The third-order valence-electron chi connectivity index (χ3n) is 4.74. The molecule has 9 heteroatoms. The molecule has 4 rings (SSSR count). The van der Waals surface area contributed by atoms with Gasteiger partial charge in [0.15, 0.2) is 5.82 Å². The Hall–Kier alpha value is -3.23. The van der Waals surface area contributed by atoms with E-state index in [1.165, 1.54) is 12.7 Å². The lowest BCUT2D eigenvalue weighted by molar-refractivity contribution is 0.210. The van der Waals surface area contributed by atoms with Crippen LogP contribution in [0.25, 0.3) is 5.69 Å². The van der Waals surface area contributed by atoms with E-state index in [4.69, 9.17) is 4.52 Å². The molecular weight excluding hydrogens is 346 g/mol. The molecule has 9 nitrogen and oxygen atoms in total. The maximum Gasteiger partial charge on any atom is 0.322 e. The van der Waals surface area contributed by atoms with Gasteiger partial charge in [0, 0.05) is 18.2 Å². The van der Waals surface area contributed by atoms with Gasteiger partial charge < -0.3 is 14.7 Å². The fourth-order valence-electron chi connectivity index (χ4n) is 2.89. The molecule has 140 valence electrons. The molecule has 2 heterocycles. The number of hydrogen-bond acceptors (Lipinski definition) is 6. The molecule has 0 bridgehead atoms. The van der Waals surface area contributed by atoms with Crippen LogP contribution in [0.15, 0.2) is 41.4 Å². The predicted octanol–water partition coefficient (Wildman–Crippen LogP) is 2.97. The summed E-state index contributed by atoms with van der Waals surface area (Å²) < 4.78 is 6.98. The fourth-order valence-corrected chi connectivity index (χ4v) is 2.89. The first-order valence-electron chi connectivity index (χ1n) is 9.06. The number of anilines is 1. The summed E-state index contributed by atoms with van der Waals surface area (Å²) >= 11 is 0. The SMILES string of the molecule is CCN(Cc1noc(C2CCC2)n1)C(=O)Nc1ccc(-n2cncn2)cc1. The molecule has 27 heavy (non-hydrogen) atoms. The van der Waals surface area contributed by atoms with Crippen LogP contribution in [0.4, 0.5) is 10.5 Å². The molecule has 1 aromatic carbocycles. The van der Waals surface area contributed by atoms with Gasteiger partial charge in [0.25, 0.3) is 0 Å². The van der Waals surface area contributed by atoms with E-state index in [2.05, 4.69) is 25.5 Å². The molecule has 1 fully saturated rings. The van der Waals surface area contributed by atoms with Gasteiger partial charge >= 0.3 is 6.03 Å². The Morgan fingerprint density at radius 3 is 2.78 bits per heavy atom. The Morgan fingerprint density at radius 1 is 1.33 bits per heavy atom. The molecular formula is C18H21N7O2. The number of amides is 2. The molecule has 0 spiro atoms. The van der Waals surface area contributed by atoms with Gasteiger partial charge in [-0.3, -0.25) is 0 Å². The fraction of sp³-hybridized carbons (Fsp3) is 0.389. The van der Waals surface area contributed by atoms with E-state index in [-0.39, 0.29) is 6.03 Å². The highest BCUT2D eigenvalue weighted by Crippen LogP contribution is 2.35. The predicted molar refractivity (Wildman–Crippen MR) is 97.4 cm³/mol. The molecule has 0 saturated heterocycles. The summed E-state index contributed by atoms with van der Waals surface area (Å²) in [5.74, 6) is 1.62. The first kappa shape index (κ1) is 17.2. The number of hydrogen-bond donors (Lipinski definition) is 1. The zero-order valence-electron chi connectivity index (χ0n) is 15.1. The van der Waals surface area contributed by atoms with Gasteiger partial charge in [-0.05, 0) is 44.0 Å². The van der Waals surface area contributed by atoms with Crippen LogP contribution in [-0.2, 0) is 6.54 Å². The molecule has 0 radical (unpaired) electrons. The third-order valence-corrected chi connectivity index (χ3v) is 4.74. The number of rotatable bonds is 6. The van der Waals surface area contributed by atoms with Crippen LogP contribution >= 0.6 is 0 Å². The lowest BCUT2D eigenvalue weighted by atomic mass is 9.85. The number of nitrogens with zero attached hydrogens (tertiary/aromatic N) is 6. The Balaban J connectivity index is 1.37. The van der Waals surface area contributed by atoms with Gasteiger partial charge in [-0.25, -0.2) is 14.5 Å². The van der Waals surface area contributed by atoms with Crippen molar-refractivity contribution in [2.45, 2.75) is 38.6 Å². The molecule has 0 aliphatic heterocycles. The van der Waals surface area contributed by atoms with Crippen LogP contribution < -0.4 is 5.32 Å². The van der Waals surface area contributed by atoms with Crippen LogP contribution in [0, 0.1) is 0 Å². The highest BCUT2D eigenvalue weighted by molar-refractivity contribution is 5.89. The summed E-state index contributed by atoms with van der Waals surface area (Å²) in [4.78, 5) is 22.6. The molecule has 3 aromatic rings. The summed E-state index contributed by atoms with van der Waals surface area (Å²) in [6, 6.07) is 7.17. The lowest BCUT2D eigenvalue weighted by Crippen LogP contribution is -2.34. The maximum atomic E-state index is 12.6. The Kier molecular flexibility index (Phi) is 4.82. The largest absolute Gasteiger partial charge is 0.339 e. The van der Waals surface area contributed by atoms with Crippen LogP contribution in [0.3, 0.4) is 0 Å². The van der Waals surface area contributed by atoms with Gasteiger partial charge in [-0.15, -0.1) is 0 Å². The number of aromatic nitrogens is 5. The summed E-state index contributed by atoms with van der Waals surface area (Å²) in [5, 5.41) is 11.0. The molecule has 0 atom stereocenters. The first-order chi connectivity index (χ1) is 13.2. The zero-order valence-corrected chi connectivity index (χ0v) is 15.1. The average Bonchev–Trinajstić information content (AvgIpc) is 3.31. The molecule has 1 aliphatic carbocycles. The number of urea groups is 1. The highest BCUT2D eigenvalue weighted by Gasteiger charge is 2.26. The maximum absolute atomic E-state index is 12.6. The second-order valence-electron chi connectivity index (χ2n) is 6.51. The zero-order chi connectivity index (χ0) is 18.6. The highest BCUT2D eigenvalue weighted by atomic mass is 16.5. The smallest absolute Gasteiger partial charge is 0.322 e. The van der Waals surface area contributed by atoms with Crippen LogP contribution in [0.1, 0.15) is 43.8 Å². The first-order valence-corrected chi connectivity index (χ1v) is 9.06. The second kappa shape index (κ2) is 7.56. The minimum atomic E-state index is -0.207. The van der Waals surface area contributed by atoms with Gasteiger partial charge in [-0.2, -0.15) is 10.1 Å². The molecule has 2 aromatic heterocycles. The Labute approximate surface area is 156 Å². The molecule has 2 amide bonds. The van der Waals surface area contributed by atoms with Crippen molar-refractivity contribution in [1.82, 2.24) is 29.8 Å². The lowest BCUT2D eigenvalue weighted by Gasteiger charge is -2.21. The number of carbonyl (C=O) groups is 1. The van der Waals surface area contributed by atoms with Gasteiger partial charge in [0.1, 0.15) is 12.7 Å². The van der Waals surface area contributed by atoms with Crippen molar-refractivity contribution >= 4 is 11.7 Å². The van der Waals surface area contributed by atoms with E-state index < -0.39 is 0 Å². The van der Waals surface area contributed by atoms with Crippen molar-refractivity contribution < 1.29 is 9.32 Å². The standard InChI is InChI=1S/C18H21N7O2/c1-2-24(10-16-22-17(27-23-16)13-4-3-5-13)18(26)21-14-6-8-15(9-7-14)25-12-19-11-20-25/h6-9,11-13H,2-5,10H2,1H3,(H,21,26). The second-order valence-corrected chi connectivity index (χ2v) is 6.51. The minimum absolute atomic E-state index is 0.207. The van der Waals surface area contributed by atoms with E-state index in [9.17, 15) is 4.79 Å². The van der Waals surface area contributed by atoms with Crippen molar-refractivity contribution in [3.05, 3.63) is 48.6 Å². The van der Waals surface area contributed by atoms with Crippen LogP contribution in [-0.4, -0.2) is 42.4 Å². The van der Waals surface area contributed by atoms with Crippen molar-refractivity contribution in [2.24, 2.45) is 0 Å². The van der Waals surface area contributed by atoms with E-state index in [1.54, 1.807) is 15.9 Å². The van der Waals surface area contributed by atoms with E-state index >= 15 is 0 Å². The van der Waals surface area contributed by atoms with Crippen molar-refractivity contribution in [3.63, 3.8) is 0 Å². The van der Waals surface area contributed by atoms with Gasteiger partial charge in [-0.1, -0.05) is 11.6 Å². The summed E-state index contributed by atoms with van der Waals surface area (Å²) in [6.45, 7) is 2.77. The van der Waals surface area contributed by atoms with E-state index in [1.807, 2.05) is 31.2 Å². The van der Waals surface area contributed by atoms with Crippen molar-refractivity contribution in [1.29, 1.82) is 0 Å². The van der Waals surface area contributed by atoms with Crippen LogP contribution in [0.2, 0.25) is 0 Å². The minimum Gasteiger partial charge on any atom is -0.339 e. The Morgan fingerprint density at radius 2 is 2.15 bits per heavy atom. The van der Waals surface area contributed by atoms with E-state index in [0.717, 1.165) is 18.5 Å². The molecule has 0 unspecified atom stereocenters. The quantitative estimate of drug-likeness (QED) is 0.718. The summed E-state index contributed by atoms with van der Waals surface area (Å²) in [5.41, 5.74) is 1.57. The number of nitrogens with one attached hydrogen (secondary N) is 1. The van der Waals surface area contributed by atoms with Crippen molar-refractivity contribution in [2.75, 3.05) is 11.9 Å². The topological polar surface area (TPSA) is 102 Å². The molecule has 1 saturated carbocycles. The van der Waals surface area contributed by atoms with Crippen molar-refractivity contribution in [3.8, 4) is 5.69 Å².